The molecule has 0 N–H and O–H groups in total. The Morgan fingerprint density at radius 2 is 1.93 bits per heavy atom. The third kappa shape index (κ3) is 3.77. The highest BCUT2D eigenvalue weighted by atomic mass is 16.5. The molecular formula is C10H19NO3. The quantitative estimate of drug-likeness (QED) is 0.507. The monoisotopic (exact) mass is 201 g/mol. The van der Waals surface area contributed by atoms with E-state index in [0.717, 1.165) is 12.8 Å². The van der Waals surface area contributed by atoms with Gasteiger partial charge in [0.25, 0.3) is 0 Å². The minimum atomic E-state index is -0.766. The van der Waals surface area contributed by atoms with Crippen LogP contribution in [0.4, 0.5) is 0 Å². The van der Waals surface area contributed by atoms with Gasteiger partial charge in [-0.05, 0) is 20.3 Å². The molecule has 0 rings (SSSR count). The van der Waals surface area contributed by atoms with Gasteiger partial charge in [-0.15, -0.1) is 0 Å². The SMILES string of the molecule is CCCC(C)N(C)C(=O)C(=O)OCC. The summed E-state index contributed by atoms with van der Waals surface area (Å²) in [6.07, 6.45) is 1.88. The molecule has 1 unspecified atom stereocenters. The molecule has 1 amide bonds. The first-order chi connectivity index (χ1) is 6.54. The Labute approximate surface area is 85.2 Å². The molecule has 14 heavy (non-hydrogen) atoms. The number of ether oxygens (including phenoxy) is 1. The highest BCUT2D eigenvalue weighted by molar-refractivity contribution is 6.32. The van der Waals surface area contributed by atoms with E-state index < -0.39 is 11.9 Å². The number of hydrogen-bond acceptors (Lipinski definition) is 3. The first-order valence-electron chi connectivity index (χ1n) is 4.98. The van der Waals surface area contributed by atoms with Crippen LogP contribution in [0, 0.1) is 0 Å². The lowest BCUT2D eigenvalue weighted by Crippen LogP contribution is -2.40. The van der Waals surface area contributed by atoms with Crippen molar-refractivity contribution in [2.45, 2.75) is 39.7 Å². The third-order valence-corrected chi connectivity index (χ3v) is 2.14. The lowest BCUT2D eigenvalue weighted by molar-refractivity contribution is -0.160. The summed E-state index contributed by atoms with van der Waals surface area (Å²) in [5.41, 5.74) is 0. The van der Waals surface area contributed by atoms with E-state index in [-0.39, 0.29) is 12.6 Å². The predicted molar refractivity (Wildman–Crippen MR) is 53.8 cm³/mol. The van der Waals surface area contributed by atoms with Crippen LogP contribution in [0.5, 0.6) is 0 Å². The second kappa shape index (κ2) is 6.40. The molecule has 0 saturated carbocycles. The molecule has 0 aliphatic carbocycles. The Bertz CT molecular complexity index is 204. The summed E-state index contributed by atoms with van der Waals surface area (Å²) in [7, 11) is 1.62. The first kappa shape index (κ1) is 12.9. The Morgan fingerprint density at radius 1 is 1.36 bits per heavy atom. The van der Waals surface area contributed by atoms with Crippen molar-refractivity contribution < 1.29 is 14.3 Å². The van der Waals surface area contributed by atoms with Gasteiger partial charge in [-0.1, -0.05) is 13.3 Å². The van der Waals surface area contributed by atoms with Crippen molar-refractivity contribution >= 4 is 11.9 Å². The van der Waals surface area contributed by atoms with Crippen LogP contribution < -0.4 is 0 Å². The fourth-order valence-corrected chi connectivity index (χ4v) is 1.15. The molecule has 0 aliphatic heterocycles. The normalized spacial score (nSPS) is 12.0. The van der Waals surface area contributed by atoms with Gasteiger partial charge in [0.1, 0.15) is 0 Å². The molecule has 0 saturated heterocycles. The maximum Gasteiger partial charge on any atom is 0.397 e. The van der Waals surface area contributed by atoms with Crippen molar-refractivity contribution in [1.82, 2.24) is 4.90 Å². The van der Waals surface area contributed by atoms with Gasteiger partial charge in [0.2, 0.25) is 0 Å². The summed E-state index contributed by atoms with van der Waals surface area (Å²) in [4.78, 5) is 23.9. The lowest BCUT2D eigenvalue weighted by atomic mass is 10.2. The number of rotatable bonds is 4. The van der Waals surface area contributed by atoms with Crippen molar-refractivity contribution in [3.8, 4) is 0 Å². The number of carbonyl (C=O) groups is 2. The maximum atomic E-state index is 11.4. The number of likely N-dealkylation sites (N-methyl/N-ethyl adjacent to an activating group) is 1. The smallest absolute Gasteiger partial charge is 0.397 e. The Balaban J connectivity index is 4.16. The molecule has 0 spiro atoms. The van der Waals surface area contributed by atoms with Crippen LogP contribution in [0.3, 0.4) is 0 Å². The summed E-state index contributed by atoms with van der Waals surface area (Å²) in [6.45, 7) is 5.88. The zero-order valence-electron chi connectivity index (χ0n) is 9.37. The largest absolute Gasteiger partial charge is 0.459 e. The van der Waals surface area contributed by atoms with Gasteiger partial charge < -0.3 is 9.64 Å². The molecule has 0 bridgehead atoms. The van der Waals surface area contributed by atoms with E-state index in [2.05, 4.69) is 4.74 Å². The maximum absolute atomic E-state index is 11.4. The highest BCUT2D eigenvalue weighted by Crippen LogP contribution is 2.04. The zero-order valence-corrected chi connectivity index (χ0v) is 9.37. The summed E-state index contributed by atoms with van der Waals surface area (Å²) in [6, 6.07) is 0.0805. The molecule has 0 aromatic heterocycles. The van der Waals surface area contributed by atoms with E-state index in [9.17, 15) is 9.59 Å². The number of hydrogen-bond donors (Lipinski definition) is 0. The number of nitrogens with zero attached hydrogens (tertiary/aromatic N) is 1. The molecule has 0 aromatic rings. The van der Waals surface area contributed by atoms with Gasteiger partial charge in [0, 0.05) is 13.1 Å². The summed E-state index contributed by atoms with van der Waals surface area (Å²) >= 11 is 0. The first-order valence-corrected chi connectivity index (χ1v) is 4.98. The Hall–Kier alpha value is -1.06. The lowest BCUT2D eigenvalue weighted by Gasteiger charge is -2.23. The number of esters is 1. The van der Waals surface area contributed by atoms with Gasteiger partial charge in [-0.25, -0.2) is 4.79 Å². The van der Waals surface area contributed by atoms with Crippen LogP contribution in [-0.2, 0) is 14.3 Å². The summed E-state index contributed by atoms with van der Waals surface area (Å²) in [5, 5.41) is 0. The van der Waals surface area contributed by atoms with E-state index in [0.29, 0.717) is 0 Å². The van der Waals surface area contributed by atoms with Crippen LogP contribution >= 0.6 is 0 Å². The van der Waals surface area contributed by atoms with E-state index in [1.165, 1.54) is 4.90 Å². The average Bonchev–Trinajstić information content (AvgIpc) is 2.16. The second-order valence-corrected chi connectivity index (χ2v) is 3.27. The topological polar surface area (TPSA) is 46.6 Å². The molecule has 0 heterocycles. The molecule has 0 aromatic carbocycles. The van der Waals surface area contributed by atoms with Crippen LogP contribution in [0.1, 0.15) is 33.6 Å². The zero-order chi connectivity index (χ0) is 11.1. The standard InChI is InChI=1S/C10H19NO3/c1-5-7-8(3)11(4)9(12)10(13)14-6-2/h8H,5-7H2,1-4H3. The van der Waals surface area contributed by atoms with Gasteiger partial charge >= 0.3 is 11.9 Å². The minimum absolute atomic E-state index is 0.0805. The molecule has 1 atom stereocenters. The fraction of sp³-hybridized carbons (Fsp3) is 0.800. The van der Waals surface area contributed by atoms with E-state index in [1.807, 2.05) is 13.8 Å². The number of amides is 1. The molecular weight excluding hydrogens is 182 g/mol. The summed E-state index contributed by atoms with van der Waals surface area (Å²) < 4.78 is 4.62. The van der Waals surface area contributed by atoms with Crippen molar-refractivity contribution in [1.29, 1.82) is 0 Å². The second-order valence-electron chi connectivity index (χ2n) is 3.27. The van der Waals surface area contributed by atoms with Crippen LogP contribution in [0.2, 0.25) is 0 Å². The summed E-state index contributed by atoms with van der Waals surface area (Å²) in [5.74, 6) is -1.33. The van der Waals surface area contributed by atoms with E-state index >= 15 is 0 Å². The van der Waals surface area contributed by atoms with Crippen molar-refractivity contribution in [3.05, 3.63) is 0 Å². The molecule has 4 heteroatoms. The molecule has 4 nitrogen and oxygen atoms in total. The van der Waals surface area contributed by atoms with Crippen LogP contribution in [0.25, 0.3) is 0 Å². The van der Waals surface area contributed by atoms with E-state index in [1.54, 1.807) is 14.0 Å². The Morgan fingerprint density at radius 3 is 2.36 bits per heavy atom. The molecule has 0 fully saturated rings. The van der Waals surface area contributed by atoms with Gasteiger partial charge in [-0.2, -0.15) is 0 Å². The molecule has 82 valence electrons. The Kier molecular flexibility index (Phi) is 5.92. The average molecular weight is 201 g/mol. The predicted octanol–water partition coefficient (Wildman–Crippen LogP) is 1.20. The van der Waals surface area contributed by atoms with E-state index in [4.69, 9.17) is 0 Å². The van der Waals surface area contributed by atoms with Crippen LogP contribution in [0.15, 0.2) is 0 Å². The van der Waals surface area contributed by atoms with Gasteiger partial charge in [-0.3, -0.25) is 4.79 Å². The van der Waals surface area contributed by atoms with Crippen molar-refractivity contribution in [2.75, 3.05) is 13.7 Å². The minimum Gasteiger partial charge on any atom is -0.459 e. The van der Waals surface area contributed by atoms with Crippen molar-refractivity contribution in [3.63, 3.8) is 0 Å². The van der Waals surface area contributed by atoms with Gasteiger partial charge in [0.15, 0.2) is 0 Å². The van der Waals surface area contributed by atoms with Crippen molar-refractivity contribution in [2.24, 2.45) is 0 Å². The molecule has 0 radical (unpaired) electrons. The highest BCUT2D eigenvalue weighted by Gasteiger charge is 2.23. The molecule has 0 aliphatic rings. The van der Waals surface area contributed by atoms with Crippen LogP contribution in [-0.4, -0.2) is 36.5 Å². The fourth-order valence-electron chi connectivity index (χ4n) is 1.15. The van der Waals surface area contributed by atoms with Gasteiger partial charge in [0.05, 0.1) is 6.61 Å². The third-order valence-electron chi connectivity index (χ3n) is 2.14. The number of carbonyl (C=O) groups excluding carboxylic acids is 2.